The monoisotopic (exact) mass is 416 g/mol. The van der Waals surface area contributed by atoms with Gasteiger partial charge in [0.25, 0.3) is 0 Å². The van der Waals surface area contributed by atoms with Crippen LogP contribution in [0.5, 0.6) is 0 Å². The van der Waals surface area contributed by atoms with Crippen molar-refractivity contribution in [2.75, 3.05) is 13.7 Å². The Hall–Kier alpha value is -1.50. The Bertz CT molecular complexity index is 518. The van der Waals surface area contributed by atoms with Gasteiger partial charge in [-0.25, -0.2) is 9.59 Å². The van der Waals surface area contributed by atoms with E-state index in [0.29, 0.717) is 13.2 Å². The van der Waals surface area contributed by atoms with Crippen LogP contribution in [0.25, 0.3) is 0 Å². The number of ether oxygens (including phenoxy) is 3. The quantitative estimate of drug-likeness (QED) is 0.148. The molecule has 0 spiro atoms. The average Bonchev–Trinajstić information content (AvgIpc) is 2.49. The van der Waals surface area contributed by atoms with Crippen LogP contribution in [0.2, 0.25) is 0 Å². The van der Waals surface area contributed by atoms with Crippen molar-refractivity contribution in [2.24, 2.45) is 0 Å². The van der Waals surface area contributed by atoms with Crippen LogP contribution >= 0.6 is 12.6 Å². The first-order valence-corrected chi connectivity index (χ1v) is 7.22. The molecule has 0 fully saturated rings. The highest BCUT2D eigenvalue weighted by Crippen LogP contribution is 2.41. The third-order valence-corrected chi connectivity index (χ3v) is 3.20. The normalized spacial score (nSPS) is 15.1. The molecule has 0 aliphatic carbocycles. The minimum absolute atomic E-state index is 0.322. The number of carbonyl (C=O) groups is 2. The molecule has 0 rings (SSSR count). The lowest BCUT2D eigenvalue weighted by Gasteiger charge is -2.31. The highest BCUT2D eigenvalue weighted by molar-refractivity contribution is 7.81. The van der Waals surface area contributed by atoms with Gasteiger partial charge in [-0.1, -0.05) is 19.2 Å². The first-order valence-electron chi connectivity index (χ1n) is 6.77. The molecule has 0 aliphatic rings. The SMILES string of the molecule is C=CC(=O)OC(OCCCCC(F)(F)C(F)(F)S)(C(=O)OC)C(F)(F)F. The van der Waals surface area contributed by atoms with Crippen LogP contribution in [-0.2, 0) is 23.8 Å². The summed E-state index contributed by atoms with van der Waals surface area (Å²) in [5.41, 5.74) is 0. The summed E-state index contributed by atoms with van der Waals surface area (Å²) in [6.07, 6.45) is -7.97. The first-order chi connectivity index (χ1) is 11.6. The molecule has 0 N–H and O–H groups in total. The van der Waals surface area contributed by atoms with E-state index in [-0.39, 0.29) is 0 Å². The van der Waals surface area contributed by atoms with Crippen molar-refractivity contribution in [2.45, 2.75) is 42.4 Å². The third kappa shape index (κ3) is 6.04. The number of methoxy groups -OCH3 is 1. The van der Waals surface area contributed by atoms with Gasteiger partial charge in [0.2, 0.25) is 0 Å². The number of hydrogen-bond acceptors (Lipinski definition) is 6. The number of rotatable bonds is 10. The van der Waals surface area contributed by atoms with Gasteiger partial charge in [-0.2, -0.15) is 30.7 Å². The molecule has 0 aromatic rings. The van der Waals surface area contributed by atoms with E-state index in [0.717, 1.165) is 0 Å². The second-order valence-electron chi connectivity index (χ2n) is 4.78. The Balaban J connectivity index is 5.09. The zero-order valence-electron chi connectivity index (χ0n) is 13.2. The molecule has 1 atom stereocenters. The summed E-state index contributed by atoms with van der Waals surface area (Å²) < 4.78 is 103. The summed E-state index contributed by atoms with van der Waals surface area (Å²) in [7, 11) is 0.559. The lowest BCUT2D eigenvalue weighted by Crippen LogP contribution is -2.58. The minimum Gasteiger partial charge on any atom is -0.464 e. The molecule has 5 nitrogen and oxygen atoms in total. The molecule has 0 aliphatic heterocycles. The molecule has 0 saturated heterocycles. The zero-order valence-corrected chi connectivity index (χ0v) is 14.1. The fraction of sp³-hybridized carbons (Fsp3) is 0.692. The Labute approximate surface area is 148 Å². The van der Waals surface area contributed by atoms with Gasteiger partial charge in [0.15, 0.2) is 0 Å². The summed E-state index contributed by atoms with van der Waals surface area (Å²) in [5, 5.41) is -4.62. The molecule has 0 radical (unpaired) electrons. The second-order valence-corrected chi connectivity index (χ2v) is 5.34. The van der Waals surface area contributed by atoms with Gasteiger partial charge in [-0.15, -0.1) is 0 Å². The number of thiol groups is 1. The van der Waals surface area contributed by atoms with E-state index in [1.54, 1.807) is 0 Å². The largest absolute Gasteiger partial charge is 0.468 e. The molecule has 26 heavy (non-hydrogen) atoms. The van der Waals surface area contributed by atoms with Crippen molar-refractivity contribution < 1.29 is 54.5 Å². The standard InChI is InChI=1S/C13H15F7O5S/c1-3-8(21)25-11(9(22)23-2,12(16,17)18)24-7-5-4-6-10(14,15)13(19,20)26/h3,26H,1,4-7H2,2H3. The van der Waals surface area contributed by atoms with Crippen LogP contribution in [0, 0.1) is 0 Å². The summed E-state index contributed by atoms with van der Waals surface area (Å²) in [5.74, 6) is -12.5. The van der Waals surface area contributed by atoms with Crippen LogP contribution in [-0.4, -0.2) is 48.8 Å². The zero-order chi connectivity index (χ0) is 20.8. The number of halogens is 7. The number of hydrogen-bond donors (Lipinski definition) is 1. The van der Waals surface area contributed by atoms with E-state index in [9.17, 15) is 40.3 Å². The molecule has 0 bridgehead atoms. The lowest BCUT2D eigenvalue weighted by molar-refractivity contribution is -0.353. The van der Waals surface area contributed by atoms with Crippen molar-refractivity contribution in [1.82, 2.24) is 0 Å². The fourth-order valence-electron chi connectivity index (χ4n) is 1.52. The second kappa shape index (κ2) is 8.93. The molecule has 0 heterocycles. The molecular weight excluding hydrogens is 401 g/mol. The van der Waals surface area contributed by atoms with Crippen LogP contribution in [0.1, 0.15) is 19.3 Å². The molecule has 13 heteroatoms. The number of carbonyl (C=O) groups excluding carboxylic acids is 2. The van der Waals surface area contributed by atoms with Crippen molar-refractivity contribution in [3.63, 3.8) is 0 Å². The molecule has 0 aromatic heterocycles. The first kappa shape index (κ1) is 24.5. The van der Waals surface area contributed by atoms with E-state index in [1.165, 1.54) is 0 Å². The van der Waals surface area contributed by atoms with Crippen LogP contribution in [0.4, 0.5) is 30.7 Å². The highest BCUT2D eigenvalue weighted by atomic mass is 32.1. The molecular formula is C13H15F7O5S. The summed E-state index contributed by atoms with van der Waals surface area (Å²) >= 11 is 2.44. The Kier molecular flexibility index (Phi) is 8.41. The van der Waals surface area contributed by atoms with Crippen molar-refractivity contribution in [3.05, 3.63) is 12.7 Å². The smallest absolute Gasteiger partial charge is 0.464 e. The highest BCUT2D eigenvalue weighted by Gasteiger charge is 2.67. The fourth-order valence-corrected chi connectivity index (χ4v) is 1.63. The Morgan fingerprint density at radius 2 is 1.62 bits per heavy atom. The van der Waals surface area contributed by atoms with E-state index in [2.05, 4.69) is 33.4 Å². The van der Waals surface area contributed by atoms with E-state index < -0.39 is 60.9 Å². The van der Waals surface area contributed by atoms with Crippen molar-refractivity contribution >= 4 is 24.6 Å². The van der Waals surface area contributed by atoms with Crippen molar-refractivity contribution in [1.29, 1.82) is 0 Å². The predicted octanol–water partition coefficient (Wildman–Crippen LogP) is 3.49. The van der Waals surface area contributed by atoms with Gasteiger partial charge in [-0.05, 0) is 12.8 Å². The topological polar surface area (TPSA) is 61.8 Å². The number of alkyl halides is 7. The number of unbranched alkanes of at least 4 members (excludes halogenated alkanes) is 1. The average molecular weight is 416 g/mol. The summed E-state index contributed by atoms with van der Waals surface area (Å²) in [6, 6.07) is 0. The number of esters is 2. The maximum absolute atomic E-state index is 13.2. The van der Waals surface area contributed by atoms with E-state index in [1.807, 2.05) is 0 Å². The van der Waals surface area contributed by atoms with Gasteiger partial charge in [0, 0.05) is 12.5 Å². The maximum Gasteiger partial charge on any atom is 0.468 e. The van der Waals surface area contributed by atoms with Gasteiger partial charge in [0.05, 0.1) is 13.7 Å². The van der Waals surface area contributed by atoms with Crippen molar-refractivity contribution in [3.8, 4) is 0 Å². The van der Waals surface area contributed by atoms with Gasteiger partial charge < -0.3 is 14.2 Å². The molecule has 0 amide bonds. The Morgan fingerprint density at radius 1 is 1.08 bits per heavy atom. The van der Waals surface area contributed by atoms with Gasteiger partial charge in [0.1, 0.15) is 0 Å². The minimum atomic E-state index is -5.58. The molecule has 0 aromatic carbocycles. The third-order valence-electron chi connectivity index (χ3n) is 2.87. The van der Waals surface area contributed by atoms with Gasteiger partial charge >= 0.3 is 35.1 Å². The molecule has 0 saturated carbocycles. The van der Waals surface area contributed by atoms with Crippen LogP contribution < -0.4 is 0 Å². The van der Waals surface area contributed by atoms with E-state index >= 15 is 0 Å². The maximum atomic E-state index is 13.2. The molecule has 152 valence electrons. The Morgan fingerprint density at radius 3 is 2.00 bits per heavy atom. The lowest BCUT2D eigenvalue weighted by atomic mass is 10.1. The molecule has 1 unspecified atom stereocenters. The summed E-state index contributed by atoms with van der Waals surface area (Å²) in [4.78, 5) is 22.6. The van der Waals surface area contributed by atoms with E-state index in [4.69, 9.17) is 0 Å². The van der Waals surface area contributed by atoms with Crippen LogP contribution in [0.3, 0.4) is 0 Å². The van der Waals surface area contributed by atoms with Crippen LogP contribution in [0.15, 0.2) is 12.7 Å². The summed E-state index contributed by atoms with van der Waals surface area (Å²) in [6.45, 7) is 1.83. The van der Waals surface area contributed by atoms with Gasteiger partial charge in [-0.3, -0.25) is 0 Å². The predicted molar refractivity (Wildman–Crippen MR) is 75.8 cm³/mol.